The SMILES string of the molecule is c1ccc2c(NC3CN4CCC3CC4)noc2c1. The minimum absolute atomic E-state index is 0.529. The second kappa shape index (κ2) is 3.99. The third-order valence-corrected chi connectivity index (χ3v) is 4.36. The van der Waals surface area contributed by atoms with Gasteiger partial charge in [-0.15, -0.1) is 0 Å². The Labute approximate surface area is 106 Å². The predicted octanol–water partition coefficient (Wildman–Crippen LogP) is 2.33. The van der Waals surface area contributed by atoms with Crippen molar-refractivity contribution in [3.63, 3.8) is 0 Å². The molecule has 18 heavy (non-hydrogen) atoms. The minimum atomic E-state index is 0.529. The molecule has 5 rings (SSSR count). The molecule has 3 saturated heterocycles. The summed E-state index contributed by atoms with van der Waals surface area (Å²) in [5, 5.41) is 8.85. The zero-order valence-electron chi connectivity index (χ0n) is 10.3. The van der Waals surface area contributed by atoms with Crippen LogP contribution in [0.15, 0.2) is 28.8 Å². The topological polar surface area (TPSA) is 41.3 Å². The number of hydrogen-bond donors (Lipinski definition) is 1. The lowest BCUT2D eigenvalue weighted by molar-refractivity contribution is 0.0973. The van der Waals surface area contributed by atoms with Crippen LogP contribution in [0, 0.1) is 5.92 Å². The Hall–Kier alpha value is -1.55. The molecule has 1 aromatic heterocycles. The van der Waals surface area contributed by atoms with E-state index in [2.05, 4.69) is 21.4 Å². The van der Waals surface area contributed by atoms with Crippen molar-refractivity contribution in [3.05, 3.63) is 24.3 Å². The molecule has 1 N–H and O–H groups in total. The van der Waals surface area contributed by atoms with Crippen LogP contribution >= 0.6 is 0 Å². The number of fused-ring (bicyclic) bond motifs is 4. The fourth-order valence-electron chi connectivity index (χ4n) is 3.29. The quantitative estimate of drug-likeness (QED) is 0.879. The number of benzene rings is 1. The van der Waals surface area contributed by atoms with Crippen LogP contribution in [0.2, 0.25) is 0 Å². The number of rotatable bonds is 2. The number of hydrogen-bond acceptors (Lipinski definition) is 4. The van der Waals surface area contributed by atoms with Crippen LogP contribution in [-0.4, -0.2) is 35.7 Å². The van der Waals surface area contributed by atoms with E-state index in [0.717, 1.165) is 29.2 Å². The number of piperidine rings is 3. The standard InChI is InChI=1S/C14H17N3O/c1-2-4-13-11(3-1)14(16-18-13)15-12-9-17-7-5-10(12)6-8-17/h1-4,10,12H,5-9H2,(H,15,16). The van der Waals surface area contributed by atoms with Crippen LogP contribution in [0.25, 0.3) is 11.0 Å². The summed E-state index contributed by atoms with van der Waals surface area (Å²) in [6.07, 6.45) is 2.63. The summed E-state index contributed by atoms with van der Waals surface area (Å²) < 4.78 is 5.34. The van der Waals surface area contributed by atoms with Gasteiger partial charge in [0, 0.05) is 12.6 Å². The van der Waals surface area contributed by atoms with Crippen LogP contribution < -0.4 is 5.32 Å². The van der Waals surface area contributed by atoms with E-state index >= 15 is 0 Å². The first-order chi connectivity index (χ1) is 8.90. The summed E-state index contributed by atoms with van der Waals surface area (Å²) >= 11 is 0. The first-order valence-corrected chi connectivity index (χ1v) is 6.73. The molecule has 2 bridgehead atoms. The average molecular weight is 243 g/mol. The second-order valence-electron chi connectivity index (χ2n) is 5.42. The van der Waals surface area contributed by atoms with Gasteiger partial charge in [0.05, 0.1) is 5.39 Å². The molecule has 1 unspecified atom stereocenters. The van der Waals surface area contributed by atoms with Crippen molar-refractivity contribution in [1.29, 1.82) is 0 Å². The first-order valence-electron chi connectivity index (χ1n) is 6.73. The number of aromatic nitrogens is 1. The molecular weight excluding hydrogens is 226 g/mol. The number of anilines is 1. The zero-order valence-corrected chi connectivity index (χ0v) is 10.3. The Kier molecular flexibility index (Phi) is 2.30. The third-order valence-electron chi connectivity index (χ3n) is 4.36. The van der Waals surface area contributed by atoms with E-state index in [-0.39, 0.29) is 0 Å². The molecule has 4 nitrogen and oxygen atoms in total. The van der Waals surface area contributed by atoms with Crippen molar-refractivity contribution in [2.24, 2.45) is 5.92 Å². The average Bonchev–Trinajstić information content (AvgIpc) is 2.84. The van der Waals surface area contributed by atoms with Gasteiger partial charge in [0.2, 0.25) is 0 Å². The maximum absolute atomic E-state index is 5.34. The van der Waals surface area contributed by atoms with E-state index in [0.29, 0.717) is 6.04 Å². The van der Waals surface area contributed by atoms with Gasteiger partial charge in [-0.05, 0) is 44.0 Å². The molecule has 4 heterocycles. The van der Waals surface area contributed by atoms with E-state index < -0.39 is 0 Å². The van der Waals surface area contributed by atoms with Gasteiger partial charge in [0.25, 0.3) is 0 Å². The van der Waals surface area contributed by atoms with E-state index in [4.69, 9.17) is 4.52 Å². The highest BCUT2D eigenvalue weighted by Crippen LogP contribution is 2.31. The summed E-state index contributed by atoms with van der Waals surface area (Å²) in [6, 6.07) is 8.56. The molecule has 3 fully saturated rings. The molecule has 94 valence electrons. The van der Waals surface area contributed by atoms with E-state index in [1.165, 1.54) is 25.9 Å². The Balaban J connectivity index is 1.61. The molecule has 3 aliphatic rings. The summed E-state index contributed by atoms with van der Waals surface area (Å²) in [6.45, 7) is 3.68. The molecule has 3 aliphatic heterocycles. The number of para-hydroxylation sites is 1. The fourth-order valence-corrected chi connectivity index (χ4v) is 3.29. The summed E-state index contributed by atoms with van der Waals surface area (Å²) in [5.74, 6) is 1.70. The molecule has 1 atom stereocenters. The van der Waals surface area contributed by atoms with Crippen molar-refractivity contribution in [2.45, 2.75) is 18.9 Å². The van der Waals surface area contributed by atoms with Gasteiger partial charge in [-0.25, -0.2) is 0 Å². The summed E-state index contributed by atoms with van der Waals surface area (Å²) in [4.78, 5) is 2.54. The minimum Gasteiger partial charge on any atom is -0.362 e. The summed E-state index contributed by atoms with van der Waals surface area (Å²) in [7, 11) is 0. The molecule has 0 aliphatic carbocycles. The maximum atomic E-state index is 5.34. The molecule has 0 radical (unpaired) electrons. The monoisotopic (exact) mass is 243 g/mol. The van der Waals surface area contributed by atoms with E-state index in [1.807, 2.05) is 18.2 Å². The smallest absolute Gasteiger partial charge is 0.177 e. The molecule has 1 aromatic carbocycles. The molecule has 2 aromatic rings. The molecule has 0 amide bonds. The lowest BCUT2D eigenvalue weighted by Crippen LogP contribution is -2.53. The van der Waals surface area contributed by atoms with Crippen molar-refractivity contribution >= 4 is 16.8 Å². The van der Waals surface area contributed by atoms with Crippen molar-refractivity contribution in [2.75, 3.05) is 25.0 Å². The van der Waals surface area contributed by atoms with Crippen LogP contribution in [0.4, 0.5) is 5.82 Å². The predicted molar refractivity (Wildman–Crippen MR) is 70.6 cm³/mol. The fraction of sp³-hybridized carbons (Fsp3) is 0.500. The van der Waals surface area contributed by atoms with Crippen molar-refractivity contribution < 1.29 is 4.52 Å². The Morgan fingerprint density at radius 2 is 2.06 bits per heavy atom. The molecular formula is C14H17N3O. The van der Waals surface area contributed by atoms with Crippen LogP contribution in [-0.2, 0) is 0 Å². The Bertz CT molecular complexity index is 557. The van der Waals surface area contributed by atoms with E-state index in [9.17, 15) is 0 Å². The van der Waals surface area contributed by atoms with Gasteiger partial charge in [0.15, 0.2) is 11.4 Å². The number of nitrogens with one attached hydrogen (secondary N) is 1. The van der Waals surface area contributed by atoms with Crippen LogP contribution in [0.5, 0.6) is 0 Å². The molecule has 0 saturated carbocycles. The zero-order chi connectivity index (χ0) is 11.9. The lowest BCUT2D eigenvalue weighted by atomic mass is 9.84. The Morgan fingerprint density at radius 3 is 2.83 bits per heavy atom. The third kappa shape index (κ3) is 1.60. The number of nitrogens with zero attached hydrogens (tertiary/aromatic N) is 2. The van der Waals surface area contributed by atoms with Gasteiger partial charge in [-0.2, -0.15) is 0 Å². The molecule has 4 heteroatoms. The molecule has 0 spiro atoms. The highest BCUT2D eigenvalue weighted by atomic mass is 16.5. The highest BCUT2D eigenvalue weighted by molar-refractivity contribution is 5.87. The largest absolute Gasteiger partial charge is 0.362 e. The van der Waals surface area contributed by atoms with Crippen molar-refractivity contribution in [3.8, 4) is 0 Å². The van der Waals surface area contributed by atoms with Gasteiger partial charge in [-0.1, -0.05) is 17.3 Å². The van der Waals surface area contributed by atoms with Gasteiger partial charge in [-0.3, -0.25) is 0 Å². The van der Waals surface area contributed by atoms with Crippen LogP contribution in [0.3, 0.4) is 0 Å². The normalized spacial score (nSPS) is 30.8. The van der Waals surface area contributed by atoms with Gasteiger partial charge in [0.1, 0.15) is 0 Å². The lowest BCUT2D eigenvalue weighted by Gasteiger charge is -2.44. The van der Waals surface area contributed by atoms with E-state index in [1.54, 1.807) is 0 Å². The Morgan fingerprint density at radius 1 is 1.22 bits per heavy atom. The summed E-state index contributed by atoms with van der Waals surface area (Å²) in [5.41, 5.74) is 0.862. The second-order valence-corrected chi connectivity index (χ2v) is 5.42. The maximum Gasteiger partial charge on any atom is 0.177 e. The highest BCUT2D eigenvalue weighted by Gasteiger charge is 2.34. The van der Waals surface area contributed by atoms with Gasteiger partial charge < -0.3 is 14.7 Å². The van der Waals surface area contributed by atoms with Crippen LogP contribution in [0.1, 0.15) is 12.8 Å². The van der Waals surface area contributed by atoms with Crippen molar-refractivity contribution in [1.82, 2.24) is 10.1 Å². The van der Waals surface area contributed by atoms with Gasteiger partial charge >= 0.3 is 0 Å². The first kappa shape index (κ1) is 10.4.